The van der Waals surface area contributed by atoms with E-state index < -0.39 is 10.0 Å². The first-order valence-corrected chi connectivity index (χ1v) is 9.09. The van der Waals surface area contributed by atoms with Crippen LogP contribution < -0.4 is 5.32 Å². The van der Waals surface area contributed by atoms with Gasteiger partial charge in [0, 0.05) is 25.2 Å². The second-order valence-corrected chi connectivity index (χ2v) is 8.33. The summed E-state index contributed by atoms with van der Waals surface area (Å²) in [5.41, 5.74) is 1.10. The van der Waals surface area contributed by atoms with E-state index in [9.17, 15) is 8.42 Å². The summed E-state index contributed by atoms with van der Waals surface area (Å²) < 4.78 is 27.0. The van der Waals surface area contributed by atoms with Crippen LogP contribution in [0, 0.1) is 5.92 Å². The first-order chi connectivity index (χ1) is 9.80. The molecule has 1 saturated heterocycles. The van der Waals surface area contributed by atoms with Gasteiger partial charge in [-0.2, -0.15) is 4.31 Å². The molecule has 21 heavy (non-hydrogen) atoms. The number of hydrogen-bond donors (Lipinski definition) is 1. The zero-order valence-electron chi connectivity index (χ0n) is 13.3. The highest BCUT2D eigenvalue weighted by Crippen LogP contribution is 2.29. The van der Waals surface area contributed by atoms with Crippen molar-refractivity contribution in [1.82, 2.24) is 9.62 Å². The van der Waals surface area contributed by atoms with Crippen LogP contribution in [0.15, 0.2) is 29.2 Å². The van der Waals surface area contributed by atoms with Gasteiger partial charge in [0.15, 0.2) is 0 Å². The molecule has 1 heterocycles. The topological polar surface area (TPSA) is 49.4 Å². The summed E-state index contributed by atoms with van der Waals surface area (Å²) in [6.45, 7) is 9.66. The summed E-state index contributed by atoms with van der Waals surface area (Å²) >= 11 is 0. The third-order valence-corrected chi connectivity index (χ3v) is 5.97. The second kappa shape index (κ2) is 6.46. The van der Waals surface area contributed by atoms with Crippen molar-refractivity contribution in [2.24, 2.45) is 5.92 Å². The number of hydrogen-bond acceptors (Lipinski definition) is 3. The van der Waals surface area contributed by atoms with Crippen molar-refractivity contribution in [3.8, 4) is 0 Å². The molecular formula is C16H26N2O2S. The molecule has 2 rings (SSSR count). The lowest BCUT2D eigenvalue weighted by Gasteiger charge is -2.21. The summed E-state index contributed by atoms with van der Waals surface area (Å²) in [7, 11) is -3.36. The zero-order chi connectivity index (χ0) is 15.6. The van der Waals surface area contributed by atoms with E-state index in [4.69, 9.17) is 0 Å². The third kappa shape index (κ3) is 3.84. The molecule has 118 valence electrons. The Hall–Kier alpha value is -0.910. The molecule has 1 N–H and O–H groups in total. The van der Waals surface area contributed by atoms with E-state index in [1.807, 2.05) is 19.1 Å². The monoisotopic (exact) mass is 310 g/mol. The molecule has 2 atom stereocenters. The van der Waals surface area contributed by atoms with E-state index in [1.54, 1.807) is 16.4 Å². The molecule has 5 heteroatoms. The van der Waals surface area contributed by atoms with Gasteiger partial charge >= 0.3 is 0 Å². The maximum atomic E-state index is 12.7. The normalized spacial score (nSPS) is 23.9. The average Bonchev–Trinajstić information content (AvgIpc) is 2.76. The Balaban J connectivity index is 2.14. The van der Waals surface area contributed by atoms with E-state index in [-0.39, 0.29) is 6.04 Å². The van der Waals surface area contributed by atoms with Crippen LogP contribution in [0.4, 0.5) is 0 Å². The van der Waals surface area contributed by atoms with Crippen molar-refractivity contribution in [1.29, 1.82) is 0 Å². The van der Waals surface area contributed by atoms with Gasteiger partial charge in [-0.3, -0.25) is 0 Å². The molecule has 0 radical (unpaired) electrons. The van der Waals surface area contributed by atoms with Gasteiger partial charge in [-0.15, -0.1) is 0 Å². The highest BCUT2D eigenvalue weighted by atomic mass is 32.2. The molecule has 0 bridgehead atoms. The van der Waals surface area contributed by atoms with Gasteiger partial charge in [0.1, 0.15) is 0 Å². The lowest BCUT2D eigenvalue weighted by atomic mass is 10.1. The maximum absolute atomic E-state index is 12.7. The molecule has 2 unspecified atom stereocenters. The number of nitrogens with one attached hydrogen (secondary N) is 1. The van der Waals surface area contributed by atoms with Gasteiger partial charge in [-0.05, 0) is 37.0 Å². The molecular weight excluding hydrogens is 284 g/mol. The first-order valence-electron chi connectivity index (χ1n) is 7.65. The molecule has 4 nitrogen and oxygen atoms in total. The van der Waals surface area contributed by atoms with Crippen LogP contribution in [0.3, 0.4) is 0 Å². The largest absolute Gasteiger partial charge is 0.310 e. The highest BCUT2D eigenvalue weighted by Gasteiger charge is 2.35. The molecule has 0 amide bonds. The molecule has 1 fully saturated rings. The van der Waals surface area contributed by atoms with Crippen LogP contribution in [-0.2, 0) is 16.6 Å². The van der Waals surface area contributed by atoms with Crippen LogP contribution in [-0.4, -0.2) is 31.4 Å². The molecule has 1 aromatic rings. The summed E-state index contributed by atoms with van der Waals surface area (Å²) in [6, 6.07) is 7.75. The van der Waals surface area contributed by atoms with E-state index in [2.05, 4.69) is 26.1 Å². The quantitative estimate of drug-likeness (QED) is 0.909. The van der Waals surface area contributed by atoms with Gasteiger partial charge in [-0.1, -0.05) is 32.9 Å². The van der Waals surface area contributed by atoms with Crippen molar-refractivity contribution in [3.05, 3.63) is 29.8 Å². The Bertz CT molecular complexity index is 566. The first kappa shape index (κ1) is 16.5. The van der Waals surface area contributed by atoms with Crippen LogP contribution in [0.5, 0.6) is 0 Å². The SMILES string of the molecule is CC1CC(C)N(S(=O)(=O)c2ccc(CNC(C)C)cc2)C1. The zero-order valence-corrected chi connectivity index (χ0v) is 14.2. The number of benzene rings is 1. The minimum absolute atomic E-state index is 0.0901. The van der Waals surface area contributed by atoms with Gasteiger partial charge in [0.05, 0.1) is 4.90 Å². The number of nitrogens with zero attached hydrogens (tertiary/aromatic N) is 1. The Kier molecular flexibility index (Phi) is 5.07. The predicted molar refractivity (Wildman–Crippen MR) is 85.6 cm³/mol. The van der Waals surface area contributed by atoms with E-state index in [0.29, 0.717) is 23.4 Å². The van der Waals surface area contributed by atoms with Crippen molar-refractivity contribution in [3.63, 3.8) is 0 Å². The van der Waals surface area contributed by atoms with Crippen molar-refractivity contribution in [2.45, 2.75) is 57.6 Å². The van der Waals surface area contributed by atoms with E-state index in [1.165, 1.54) is 0 Å². The summed E-state index contributed by atoms with van der Waals surface area (Å²) in [5, 5.41) is 3.33. The van der Waals surface area contributed by atoms with Crippen molar-refractivity contribution < 1.29 is 8.42 Å². The predicted octanol–water partition coefficient (Wildman–Crippen LogP) is 2.60. The fourth-order valence-corrected chi connectivity index (χ4v) is 4.59. The summed E-state index contributed by atoms with van der Waals surface area (Å²) in [4.78, 5) is 0.400. The Morgan fingerprint density at radius 1 is 1.24 bits per heavy atom. The van der Waals surface area contributed by atoms with Crippen LogP contribution in [0.2, 0.25) is 0 Å². The minimum Gasteiger partial charge on any atom is -0.310 e. The molecule has 0 spiro atoms. The van der Waals surface area contributed by atoms with Gasteiger partial charge < -0.3 is 5.32 Å². The fourth-order valence-electron chi connectivity index (χ4n) is 2.83. The lowest BCUT2D eigenvalue weighted by Crippen LogP contribution is -2.34. The fraction of sp³-hybridized carbons (Fsp3) is 0.625. The van der Waals surface area contributed by atoms with Gasteiger partial charge in [0.25, 0.3) is 0 Å². The van der Waals surface area contributed by atoms with Crippen molar-refractivity contribution >= 4 is 10.0 Å². The second-order valence-electron chi connectivity index (χ2n) is 6.44. The number of rotatable bonds is 5. The molecule has 0 aliphatic carbocycles. The van der Waals surface area contributed by atoms with E-state index >= 15 is 0 Å². The van der Waals surface area contributed by atoms with Crippen LogP contribution in [0.1, 0.15) is 39.7 Å². The molecule has 1 aliphatic heterocycles. The van der Waals surface area contributed by atoms with Crippen LogP contribution in [0.25, 0.3) is 0 Å². The summed E-state index contributed by atoms with van der Waals surface area (Å²) in [5.74, 6) is 0.435. The Morgan fingerprint density at radius 3 is 2.33 bits per heavy atom. The Morgan fingerprint density at radius 2 is 1.86 bits per heavy atom. The maximum Gasteiger partial charge on any atom is 0.243 e. The van der Waals surface area contributed by atoms with E-state index in [0.717, 1.165) is 18.5 Å². The third-order valence-electron chi connectivity index (χ3n) is 3.97. The Labute approximate surface area is 128 Å². The van der Waals surface area contributed by atoms with Crippen LogP contribution >= 0.6 is 0 Å². The van der Waals surface area contributed by atoms with Crippen molar-refractivity contribution in [2.75, 3.05) is 6.54 Å². The average molecular weight is 310 g/mol. The van der Waals surface area contributed by atoms with Gasteiger partial charge in [-0.25, -0.2) is 8.42 Å². The highest BCUT2D eigenvalue weighted by molar-refractivity contribution is 7.89. The van der Waals surface area contributed by atoms with Gasteiger partial charge in [0.2, 0.25) is 10.0 Å². The molecule has 1 aliphatic rings. The molecule has 0 aromatic heterocycles. The smallest absolute Gasteiger partial charge is 0.243 e. The number of sulfonamides is 1. The lowest BCUT2D eigenvalue weighted by molar-refractivity contribution is 0.405. The summed E-state index contributed by atoms with van der Waals surface area (Å²) in [6.07, 6.45) is 0.940. The molecule has 0 saturated carbocycles. The molecule has 1 aromatic carbocycles. The standard InChI is InChI=1S/C16H26N2O2S/c1-12(2)17-10-15-5-7-16(8-6-15)21(19,20)18-11-13(3)9-14(18)4/h5-8,12-14,17H,9-11H2,1-4H3. The minimum atomic E-state index is -3.36.